The Morgan fingerprint density at radius 2 is 2.00 bits per heavy atom. The molecule has 0 bridgehead atoms. The van der Waals surface area contributed by atoms with Crippen LogP contribution in [0, 0.1) is 5.92 Å². The van der Waals surface area contributed by atoms with Crippen LogP contribution < -0.4 is 5.73 Å². The lowest BCUT2D eigenvalue weighted by molar-refractivity contribution is -0.140. The summed E-state index contributed by atoms with van der Waals surface area (Å²) in [6.07, 6.45) is 0.740. The normalized spacial score (nSPS) is 30.6. The molecule has 10 heavy (non-hydrogen) atoms. The van der Waals surface area contributed by atoms with E-state index < -0.39 is 0 Å². The summed E-state index contributed by atoms with van der Waals surface area (Å²) >= 11 is 0. The third-order valence-corrected chi connectivity index (χ3v) is 1.61. The van der Waals surface area contributed by atoms with Gasteiger partial charge in [-0.1, -0.05) is 6.92 Å². The minimum absolute atomic E-state index is 0.0509. The molecule has 0 aromatic carbocycles. The van der Waals surface area contributed by atoms with E-state index in [1.54, 1.807) is 0 Å². The number of nitrogens with two attached hydrogens (primary N) is 1. The van der Waals surface area contributed by atoms with Crippen LogP contribution in [-0.2, 0) is 9.53 Å². The smallest absolute Gasteiger partial charge is 0.306 e. The zero-order valence-corrected chi connectivity index (χ0v) is 6.76. The third-order valence-electron chi connectivity index (χ3n) is 1.61. The molecule has 3 nitrogen and oxygen atoms in total. The van der Waals surface area contributed by atoms with Crippen LogP contribution in [-0.4, -0.2) is 19.1 Å². The van der Waals surface area contributed by atoms with Gasteiger partial charge in [-0.15, -0.1) is 0 Å². The van der Waals surface area contributed by atoms with E-state index in [-0.39, 0.29) is 12.1 Å². The second-order valence-corrected chi connectivity index (χ2v) is 2.38. The first-order valence-corrected chi connectivity index (χ1v) is 3.47. The summed E-state index contributed by atoms with van der Waals surface area (Å²) in [7, 11) is 1.50. The second kappa shape index (κ2) is 4.28. The third kappa shape index (κ3) is 2.35. The summed E-state index contributed by atoms with van der Waals surface area (Å²) in [5, 5.41) is 0. The summed E-state index contributed by atoms with van der Waals surface area (Å²) in [6, 6.07) is 0. The lowest BCUT2D eigenvalue weighted by Gasteiger charge is -2.03. The Balaban J connectivity index is 0.000000371. The van der Waals surface area contributed by atoms with Crippen molar-refractivity contribution in [3.8, 4) is 0 Å². The molecular weight excluding hydrogens is 130 g/mol. The molecule has 1 saturated heterocycles. The Kier molecular flexibility index (Phi) is 4.03. The number of carbonyl (C=O) groups is 1. The van der Waals surface area contributed by atoms with Gasteiger partial charge in [-0.05, 0) is 14.0 Å². The Bertz CT molecular complexity index is 102. The van der Waals surface area contributed by atoms with Crippen molar-refractivity contribution in [3.05, 3.63) is 0 Å². The lowest BCUT2D eigenvalue weighted by atomic mass is 10.1. The largest absolute Gasteiger partial charge is 0.462 e. The number of esters is 1. The van der Waals surface area contributed by atoms with Crippen LogP contribution in [0.4, 0.5) is 0 Å². The first kappa shape index (κ1) is 9.43. The van der Waals surface area contributed by atoms with E-state index in [9.17, 15) is 4.79 Å². The van der Waals surface area contributed by atoms with Gasteiger partial charge in [0.25, 0.3) is 0 Å². The van der Waals surface area contributed by atoms with Gasteiger partial charge in [0.15, 0.2) is 0 Å². The molecule has 2 N–H and O–H groups in total. The summed E-state index contributed by atoms with van der Waals surface area (Å²) < 4.78 is 4.83. The molecule has 0 aromatic heterocycles. The molecule has 0 radical (unpaired) electrons. The van der Waals surface area contributed by atoms with Gasteiger partial charge < -0.3 is 10.5 Å². The fraction of sp³-hybridized carbons (Fsp3) is 0.857. The highest BCUT2D eigenvalue weighted by Crippen LogP contribution is 2.19. The monoisotopic (exact) mass is 145 g/mol. The van der Waals surface area contributed by atoms with E-state index in [0.29, 0.717) is 12.3 Å². The molecule has 2 atom stereocenters. The van der Waals surface area contributed by atoms with Crippen LogP contribution in [0.1, 0.15) is 20.3 Å². The lowest BCUT2D eigenvalue weighted by Crippen LogP contribution is -2.06. The molecular formula is C7H15NO2. The highest BCUT2D eigenvalue weighted by atomic mass is 16.5. The van der Waals surface area contributed by atoms with Crippen LogP contribution in [0.5, 0.6) is 0 Å². The van der Waals surface area contributed by atoms with E-state index in [2.05, 4.69) is 5.73 Å². The molecule has 3 heteroatoms. The summed E-state index contributed by atoms with van der Waals surface area (Å²) in [5.74, 6) is 0.368. The number of carbonyl (C=O) groups excluding carboxylic acids is 1. The van der Waals surface area contributed by atoms with Crippen molar-refractivity contribution >= 4 is 5.97 Å². The number of hydrogen-bond acceptors (Lipinski definition) is 3. The first-order valence-electron chi connectivity index (χ1n) is 3.47. The number of hydrogen-bond donors (Lipinski definition) is 1. The minimum Gasteiger partial charge on any atom is -0.462 e. The van der Waals surface area contributed by atoms with Crippen molar-refractivity contribution in [3.63, 3.8) is 0 Å². The molecule has 1 fully saturated rings. The van der Waals surface area contributed by atoms with E-state index >= 15 is 0 Å². The van der Waals surface area contributed by atoms with Gasteiger partial charge in [-0.25, -0.2) is 0 Å². The Labute approximate surface area is 61.5 Å². The van der Waals surface area contributed by atoms with E-state index in [4.69, 9.17) is 4.74 Å². The van der Waals surface area contributed by atoms with Gasteiger partial charge in [0.05, 0.1) is 6.42 Å². The van der Waals surface area contributed by atoms with Crippen LogP contribution in [0.2, 0.25) is 0 Å². The summed E-state index contributed by atoms with van der Waals surface area (Å²) in [6.45, 7) is 3.95. The molecule has 1 aliphatic rings. The zero-order chi connectivity index (χ0) is 8.15. The fourth-order valence-corrected chi connectivity index (χ4v) is 0.800. The maximum absolute atomic E-state index is 10.4. The van der Waals surface area contributed by atoms with Crippen LogP contribution >= 0.6 is 0 Å². The van der Waals surface area contributed by atoms with Crippen molar-refractivity contribution in [1.82, 2.24) is 0 Å². The van der Waals surface area contributed by atoms with E-state index in [1.165, 1.54) is 7.05 Å². The Hall–Kier alpha value is -0.570. The summed E-state index contributed by atoms with van der Waals surface area (Å²) in [5.41, 5.74) is 4.50. The van der Waals surface area contributed by atoms with Gasteiger partial charge in [-0.3, -0.25) is 4.79 Å². The standard InChI is InChI=1S/C6H10O2.CH5N/c1-4-3-6(7)8-5(4)2;1-2/h4-5H,3H2,1-2H3;2H2,1H3. The molecule has 0 aliphatic carbocycles. The molecule has 0 aromatic rings. The molecule has 0 spiro atoms. The molecule has 60 valence electrons. The van der Waals surface area contributed by atoms with Crippen molar-refractivity contribution in [2.75, 3.05) is 7.05 Å². The van der Waals surface area contributed by atoms with Gasteiger partial charge in [-0.2, -0.15) is 0 Å². The van der Waals surface area contributed by atoms with Crippen molar-refractivity contribution in [1.29, 1.82) is 0 Å². The molecule has 0 saturated carbocycles. The van der Waals surface area contributed by atoms with Gasteiger partial charge in [0, 0.05) is 5.92 Å². The van der Waals surface area contributed by atoms with Gasteiger partial charge in [0.1, 0.15) is 6.10 Å². The van der Waals surface area contributed by atoms with E-state index in [0.717, 1.165) is 0 Å². The second-order valence-electron chi connectivity index (χ2n) is 2.38. The minimum atomic E-state index is -0.0509. The quantitative estimate of drug-likeness (QED) is 0.506. The van der Waals surface area contributed by atoms with Crippen molar-refractivity contribution in [2.24, 2.45) is 11.7 Å². The van der Waals surface area contributed by atoms with Crippen LogP contribution in [0.3, 0.4) is 0 Å². The molecule has 2 unspecified atom stereocenters. The zero-order valence-electron chi connectivity index (χ0n) is 6.76. The Morgan fingerprint density at radius 3 is 2.10 bits per heavy atom. The topological polar surface area (TPSA) is 52.3 Å². The number of rotatable bonds is 0. The average molecular weight is 145 g/mol. The number of cyclic esters (lactones) is 1. The van der Waals surface area contributed by atoms with Crippen molar-refractivity contribution in [2.45, 2.75) is 26.4 Å². The number of ether oxygens (including phenoxy) is 1. The average Bonchev–Trinajstić information content (AvgIpc) is 2.16. The molecule has 1 heterocycles. The molecule has 1 rings (SSSR count). The highest BCUT2D eigenvalue weighted by molar-refractivity contribution is 5.71. The van der Waals surface area contributed by atoms with E-state index in [1.807, 2.05) is 13.8 Å². The van der Waals surface area contributed by atoms with Gasteiger partial charge >= 0.3 is 5.97 Å². The molecule has 0 amide bonds. The van der Waals surface area contributed by atoms with Crippen LogP contribution in [0.15, 0.2) is 0 Å². The maximum Gasteiger partial charge on any atom is 0.306 e. The molecule has 1 aliphatic heterocycles. The Morgan fingerprint density at radius 1 is 1.50 bits per heavy atom. The SMILES string of the molecule is CC1CC(=O)OC1C.CN. The van der Waals surface area contributed by atoms with Crippen molar-refractivity contribution < 1.29 is 9.53 Å². The highest BCUT2D eigenvalue weighted by Gasteiger charge is 2.26. The fourth-order valence-electron chi connectivity index (χ4n) is 0.800. The predicted molar refractivity (Wildman–Crippen MR) is 39.4 cm³/mol. The van der Waals surface area contributed by atoms with Crippen LogP contribution in [0.25, 0.3) is 0 Å². The van der Waals surface area contributed by atoms with Gasteiger partial charge in [0.2, 0.25) is 0 Å². The summed E-state index contributed by atoms with van der Waals surface area (Å²) in [4.78, 5) is 10.4. The predicted octanol–water partition coefficient (Wildman–Crippen LogP) is 0.533. The first-order chi connectivity index (χ1) is 4.70. The maximum atomic E-state index is 10.4.